The predicted molar refractivity (Wildman–Crippen MR) is 82.0 cm³/mol. The number of furan rings is 1. The number of amides is 1. The zero-order chi connectivity index (χ0) is 15.2. The summed E-state index contributed by atoms with van der Waals surface area (Å²) in [6, 6.07) is 3.67. The average molecular weight is 308 g/mol. The van der Waals surface area contributed by atoms with Gasteiger partial charge in [-0.2, -0.15) is 0 Å². The summed E-state index contributed by atoms with van der Waals surface area (Å²) in [5.74, 6) is 1.39. The zero-order valence-corrected chi connectivity index (χ0v) is 13.3. The first kappa shape index (κ1) is 15.6. The quantitative estimate of drug-likeness (QED) is 0.796. The Labute approximate surface area is 128 Å². The van der Waals surface area contributed by atoms with Crippen molar-refractivity contribution in [1.82, 2.24) is 20.1 Å². The van der Waals surface area contributed by atoms with E-state index in [1.165, 1.54) is 11.8 Å². The smallest absolute Gasteiger partial charge is 0.233 e. The molecule has 2 heterocycles. The van der Waals surface area contributed by atoms with Gasteiger partial charge in [0.15, 0.2) is 16.7 Å². The maximum Gasteiger partial charge on any atom is 0.233 e. The van der Waals surface area contributed by atoms with Crippen molar-refractivity contribution in [2.24, 2.45) is 0 Å². The molecule has 2 rings (SSSR count). The molecule has 114 valence electrons. The van der Waals surface area contributed by atoms with Gasteiger partial charge in [0, 0.05) is 13.1 Å². The van der Waals surface area contributed by atoms with Crippen molar-refractivity contribution in [2.45, 2.75) is 44.1 Å². The van der Waals surface area contributed by atoms with Crippen molar-refractivity contribution >= 4 is 17.7 Å². The van der Waals surface area contributed by atoms with Gasteiger partial charge in [-0.1, -0.05) is 18.7 Å². The molecule has 0 fully saturated rings. The molecule has 0 aliphatic rings. The molecule has 2 aromatic rings. The minimum atomic E-state index is -0.212. The van der Waals surface area contributed by atoms with Crippen LogP contribution in [0.4, 0.5) is 0 Å². The van der Waals surface area contributed by atoms with Crippen LogP contribution >= 0.6 is 11.8 Å². The highest BCUT2D eigenvalue weighted by molar-refractivity contribution is 8.00. The molecule has 0 spiro atoms. The Kier molecular flexibility index (Phi) is 5.44. The van der Waals surface area contributed by atoms with Crippen molar-refractivity contribution in [3.05, 3.63) is 18.4 Å². The molecule has 0 aliphatic heterocycles. The van der Waals surface area contributed by atoms with Crippen molar-refractivity contribution in [2.75, 3.05) is 6.54 Å². The molecule has 1 unspecified atom stereocenters. The molecule has 21 heavy (non-hydrogen) atoms. The molecule has 0 radical (unpaired) electrons. The maximum atomic E-state index is 11.9. The van der Waals surface area contributed by atoms with Crippen molar-refractivity contribution in [3.63, 3.8) is 0 Å². The van der Waals surface area contributed by atoms with Crippen LogP contribution in [0.2, 0.25) is 0 Å². The standard InChI is InChI=1S/C14H20N4O2S/c1-4-8-15-13(19)10(3)21-14-17-16-12(18(14)5-2)11-7-6-9-20-11/h6-7,9-10H,4-5,8H2,1-3H3,(H,15,19). The first-order valence-corrected chi connectivity index (χ1v) is 7.96. The molecule has 1 amide bonds. The summed E-state index contributed by atoms with van der Waals surface area (Å²) in [4.78, 5) is 11.9. The predicted octanol–water partition coefficient (Wildman–Crippen LogP) is 2.56. The maximum absolute atomic E-state index is 11.9. The zero-order valence-electron chi connectivity index (χ0n) is 12.5. The van der Waals surface area contributed by atoms with Crippen LogP contribution in [-0.2, 0) is 11.3 Å². The summed E-state index contributed by atoms with van der Waals surface area (Å²) in [5.41, 5.74) is 0. The van der Waals surface area contributed by atoms with Gasteiger partial charge in [0.25, 0.3) is 0 Å². The van der Waals surface area contributed by atoms with Crippen LogP contribution in [0.1, 0.15) is 27.2 Å². The molecule has 0 aliphatic carbocycles. The van der Waals surface area contributed by atoms with E-state index in [0.29, 0.717) is 24.7 Å². The van der Waals surface area contributed by atoms with Crippen LogP contribution in [0.5, 0.6) is 0 Å². The van der Waals surface area contributed by atoms with Gasteiger partial charge in [-0.25, -0.2) is 0 Å². The molecule has 2 aromatic heterocycles. The number of thioether (sulfide) groups is 1. The monoisotopic (exact) mass is 308 g/mol. The minimum absolute atomic E-state index is 0.0204. The lowest BCUT2D eigenvalue weighted by Gasteiger charge is -2.11. The molecule has 0 saturated carbocycles. The third-order valence-corrected chi connectivity index (χ3v) is 4.06. The highest BCUT2D eigenvalue weighted by Crippen LogP contribution is 2.26. The van der Waals surface area contributed by atoms with Crippen molar-refractivity contribution in [1.29, 1.82) is 0 Å². The molecule has 0 bridgehead atoms. The van der Waals surface area contributed by atoms with Gasteiger partial charge in [-0.05, 0) is 32.4 Å². The lowest BCUT2D eigenvalue weighted by Crippen LogP contribution is -2.31. The summed E-state index contributed by atoms with van der Waals surface area (Å²) in [7, 11) is 0. The Morgan fingerprint density at radius 2 is 2.29 bits per heavy atom. The lowest BCUT2D eigenvalue weighted by molar-refractivity contribution is -0.120. The third kappa shape index (κ3) is 3.66. The first-order chi connectivity index (χ1) is 10.2. The van der Waals surface area contributed by atoms with Gasteiger partial charge in [0.05, 0.1) is 11.5 Å². The number of carbonyl (C=O) groups excluding carboxylic acids is 1. The molecule has 0 saturated heterocycles. The van der Waals surface area contributed by atoms with E-state index in [0.717, 1.165) is 11.6 Å². The Balaban J connectivity index is 2.12. The number of rotatable bonds is 7. The Morgan fingerprint density at radius 3 is 2.90 bits per heavy atom. The Morgan fingerprint density at radius 1 is 1.48 bits per heavy atom. The molecule has 7 heteroatoms. The normalized spacial score (nSPS) is 12.3. The van der Waals surface area contributed by atoms with Crippen molar-refractivity contribution in [3.8, 4) is 11.6 Å². The fourth-order valence-electron chi connectivity index (χ4n) is 1.85. The van der Waals surface area contributed by atoms with Gasteiger partial charge >= 0.3 is 0 Å². The second-order valence-corrected chi connectivity index (χ2v) is 5.89. The summed E-state index contributed by atoms with van der Waals surface area (Å²) < 4.78 is 7.32. The van der Waals surface area contributed by atoms with Crippen LogP contribution in [0, 0.1) is 0 Å². The van der Waals surface area contributed by atoms with E-state index in [1.54, 1.807) is 6.26 Å². The van der Waals surface area contributed by atoms with Crippen LogP contribution < -0.4 is 5.32 Å². The van der Waals surface area contributed by atoms with Gasteiger partial charge in [0.2, 0.25) is 5.91 Å². The fraction of sp³-hybridized carbons (Fsp3) is 0.500. The number of nitrogens with zero attached hydrogens (tertiary/aromatic N) is 3. The van der Waals surface area contributed by atoms with E-state index in [4.69, 9.17) is 4.42 Å². The Hall–Kier alpha value is -1.76. The van der Waals surface area contributed by atoms with E-state index >= 15 is 0 Å². The van der Waals surface area contributed by atoms with E-state index in [9.17, 15) is 4.79 Å². The lowest BCUT2D eigenvalue weighted by atomic mass is 10.4. The summed E-state index contributed by atoms with van der Waals surface area (Å²) in [6.45, 7) is 7.33. The van der Waals surface area contributed by atoms with E-state index in [1.807, 2.05) is 37.5 Å². The SMILES string of the molecule is CCCNC(=O)C(C)Sc1nnc(-c2ccco2)n1CC. The van der Waals surface area contributed by atoms with Gasteiger partial charge in [-0.3, -0.25) is 9.36 Å². The van der Waals surface area contributed by atoms with Gasteiger partial charge < -0.3 is 9.73 Å². The second-order valence-electron chi connectivity index (χ2n) is 4.58. The van der Waals surface area contributed by atoms with Gasteiger partial charge in [0.1, 0.15) is 0 Å². The van der Waals surface area contributed by atoms with E-state index < -0.39 is 0 Å². The number of hydrogen-bond acceptors (Lipinski definition) is 5. The summed E-state index contributed by atoms with van der Waals surface area (Å²) in [6.07, 6.45) is 2.54. The number of hydrogen-bond donors (Lipinski definition) is 1. The van der Waals surface area contributed by atoms with Crippen LogP contribution in [0.3, 0.4) is 0 Å². The first-order valence-electron chi connectivity index (χ1n) is 7.08. The average Bonchev–Trinajstić information content (AvgIpc) is 3.13. The summed E-state index contributed by atoms with van der Waals surface area (Å²) in [5, 5.41) is 11.8. The third-order valence-electron chi connectivity index (χ3n) is 2.98. The largest absolute Gasteiger partial charge is 0.461 e. The second kappa shape index (κ2) is 7.31. The van der Waals surface area contributed by atoms with Crippen molar-refractivity contribution < 1.29 is 9.21 Å². The Bertz CT molecular complexity index is 580. The highest BCUT2D eigenvalue weighted by Gasteiger charge is 2.20. The molecule has 1 atom stereocenters. The molecule has 0 aromatic carbocycles. The highest BCUT2D eigenvalue weighted by atomic mass is 32.2. The molecule has 6 nitrogen and oxygen atoms in total. The number of nitrogens with one attached hydrogen (secondary N) is 1. The van der Waals surface area contributed by atoms with Gasteiger partial charge in [-0.15, -0.1) is 10.2 Å². The van der Waals surface area contributed by atoms with Crippen LogP contribution in [-0.4, -0.2) is 32.5 Å². The number of carbonyl (C=O) groups is 1. The van der Waals surface area contributed by atoms with Crippen LogP contribution in [0.15, 0.2) is 28.0 Å². The topological polar surface area (TPSA) is 73.0 Å². The molecular weight excluding hydrogens is 288 g/mol. The number of aromatic nitrogens is 3. The van der Waals surface area contributed by atoms with E-state index in [-0.39, 0.29) is 11.2 Å². The minimum Gasteiger partial charge on any atom is -0.461 e. The van der Waals surface area contributed by atoms with Crippen LogP contribution in [0.25, 0.3) is 11.6 Å². The molecule has 1 N–H and O–H groups in total. The molecular formula is C14H20N4O2S. The fourth-order valence-corrected chi connectivity index (χ4v) is 2.79. The van der Waals surface area contributed by atoms with E-state index in [2.05, 4.69) is 15.5 Å². The summed E-state index contributed by atoms with van der Waals surface area (Å²) >= 11 is 1.41.